The molecule has 0 radical (unpaired) electrons. The maximum Gasteiger partial charge on any atom is 0.326 e. The summed E-state index contributed by atoms with van der Waals surface area (Å²) in [5.41, 5.74) is 2.20. The van der Waals surface area contributed by atoms with Crippen molar-refractivity contribution < 1.29 is 19.4 Å². The first-order chi connectivity index (χ1) is 11.6. The zero-order chi connectivity index (χ0) is 17.1. The van der Waals surface area contributed by atoms with Crippen LogP contribution in [0.25, 0.3) is 11.1 Å². The second-order valence-electron chi connectivity index (χ2n) is 5.65. The number of methoxy groups -OCH3 is 1. The van der Waals surface area contributed by atoms with Gasteiger partial charge in [0.25, 0.3) is 5.91 Å². The van der Waals surface area contributed by atoms with E-state index in [-0.39, 0.29) is 5.91 Å². The number of likely N-dealkylation sites (tertiary alicyclic amines) is 1. The van der Waals surface area contributed by atoms with E-state index in [1.54, 1.807) is 37.7 Å². The van der Waals surface area contributed by atoms with Gasteiger partial charge in [-0.15, -0.1) is 0 Å². The monoisotopic (exact) mass is 326 g/mol. The van der Waals surface area contributed by atoms with Crippen molar-refractivity contribution in [1.29, 1.82) is 0 Å². The number of aliphatic carboxylic acids is 1. The fourth-order valence-corrected chi connectivity index (χ4v) is 3.00. The third-order valence-electron chi connectivity index (χ3n) is 4.24. The lowest BCUT2D eigenvalue weighted by Gasteiger charge is -2.21. The van der Waals surface area contributed by atoms with E-state index in [0.717, 1.165) is 11.1 Å². The Morgan fingerprint density at radius 2 is 2.00 bits per heavy atom. The van der Waals surface area contributed by atoms with E-state index in [2.05, 4.69) is 4.98 Å². The van der Waals surface area contributed by atoms with Gasteiger partial charge in [-0.25, -0.2) is 4.79 Å². The van der Waals surface area contributed by atoms with Crippen molar-refractivity contribution in [3.05, 3.63) is 48.3 Å². The van der Waals surface area contributed by atoms with Crippen LogP contribution in [0.15, 0.2) is 42.7 Å². The van der Waals surface area contributed by atoms with Gasteiger partial charge in [0, 0.05) is 30.1 Å². The zero-order valence-corrected chi connectivity index (χ0v) is 13.3. The highest BCUT2D eigenvalue weighted by Crippen LogP contribution is 2.29. The van der Waals surface area contributed by atoms with E-state index < -0.39 is 12.0 Å². The van der Waals surface area contributed by atoms with Crippen LogP contribution in [0.1, 0.15) is 23.2 Å². The quantitative estimate of drug-likeness (QED) is 0.933. The summed E-state index contributed by atoms with van der Waals surface area (Å²) in [6.45, 7) is 0.480. The Morgan fingerprint density at radius 1 is 1.25 bits per heavy atom. The number of aromatic nitrogens is 1. The number of benzene rings is 1. The van der Waals surface area contributed by atoms with Gasteiger partial charge >= 0.3 is 5.97 Å². The van der Waals surface area contributed by atoms with Gasteiger partial charge in [0.2, 0.25) is 0 Å². The number of ether oxygens (including phenoxy) is 1. The zero-order valence-electron chi connectivity index (χ0n) is 13.3. The highest BCUT2D eigenvalue weighted by atomic mass is 16.5. The Bertz CT molecular complexity index is 758. The van der Waals surface area contributed by atoms with Crippen LogP contribution in [0.5, 0.6) is 5.75 Å². The number of nitrogens with zero attached hydrogens (tertiary/aromatic N) is 2. The van der Waals surface area contributed by atoms with Crippen LogP contribution in [-0.4, -0.2) is 46.6 Å². The minimum Gasteiger partial charge on any atom is -0.496 e. The largest absolute Gasteiger partial charge is 0.496 e. The maximum absolute atomic E-state index is 12.6. The second kappa shape index (κ2) is 6.70. The van der Waals surface area contributed by atoms with E-state index >= 15 is 0 Å². The van der Waals surface area contributed by atoms with Crippen LogP contribution < -0.4 is 4.74 Å². The Balaban J connectivity index is 1.84. The van der Waals surface area contributed by atoms with Gasteiger partial charge in [0.1, 0.15) is 11.8 Å². The molecule has 124 valence electrons. The Labute approximate surface area is 139 Å². The summed E-state index contributed by atoms with van der Waals surface area (Å²) >= 11 is 0. The summed E-state index contributed by atoms with van der Waals surface area (Å²) in [5.74, 6) is -0.489. The number of amides is 1. The molecule has 0 saturated carbocycles. The van der Waals surface area contributed by atoms with Gasteiger partial charge in [0.05, 0.1) is 7.11 Å². The van der Waals surface area contributed by atoms with Crippen LogP contribution in [0.4, 0.5) is 0 Å². The van der Waals surface area contributed by atoms with Gasteiger partial charge < -0.3 is 14.7 Å². The smallest absolute Gasteiger partial charge is 0.326 e. The first-order valence-electron chi connectivity index (χ1n) is 7.74. The molecule has 3 rings (SSSR count). The molecule has 1 N–H and O–H groups in total. The molecule has 1 aromatic heterocycles. The van der Waals surface area contributed by atoms with E-state index in [1.807, 2.05) is 12.1 Å². The third-order valence-corrected chi connectivity index (χ3v) is 4.24. The predicted octanol–water partition coefficient (Wildman–Crippen LogP) is 2.45. The van der Waals surface area contributed by atoms with Crippen molar-refractivity contribution in [3.63, 3.8) is 0 Å². The molecule has 6 nitrogen and oxygen atoms in total. The molecule has 6 heteroatoms. The molecule has 1 amide bonds. The number of carboxylic acids is 1. The molecular weight excluding hydrogens is 308 g/mol. The average Bonchev–Trinajstić information content (AvgIpc) is 3.11. The van der Waals surface area contributed by atoms with Crippen molar-refractivity contribution in [3.8, 4) is 16.9 Å². The molecule has 0 bridgehead atoms. The first kappa shape index (κ1) is 16.0. The number of carboxylic acid groups (broad SMARTS) is 1. The Hall–Kier alpha value is -2.89. The minimum atomic E-state index is -0.947. The summed E-state index contributed by atoms with van der Waals surface area (Å²) in [7, 11) is 1.59. The van der Waals surface area contributed by atoms with Crippen molar-refractivity contribution in [2.75, 3.05) is 13.7 Å². The molecule has 1 unspecified atom stereocenters. The summed E-state index contributed by atoms with van der Waals surface area (Å²) in [6.07, 6.45) is 4.58. The number of rotatable bonds is 4. The van der Waals surface area contributed by atoms with Crippen molar-refractivity contribution in [1.82, 2.24) is 9.88 Å². The lowest BCUT2D eigenvalue weighted by molar-refractivity contribution is -0.141. The second-order valence-corrected chi connectivity index (χ2v) is 5.65. The minimum absolute atomic E-state index is 0.246. The molecule has 0 aliphatic carbocycles. The summed E-state index contributed by atoms with van der Waals surface area (Å²) < 4.78 is 5.32. The van der Waals surface area contributed by atoms with Gasteiger partial charge in [-0.05, 0) is 36.6 Å². The van der Waals surface area contributed by atoms with Gasteiger partial charge in [-0.2, -0.15) is 0 Å². The number of hydrogen-bond acceptors (Lipinski definition) is 4. The topological polar surface area (TPSA) is 79.7 Å². The lowest BCUT2D eigenvalue weighted by Crippen LogP contribution is -2.40. The van der Waals surface area contributed by atoms with Gasteiger partial charge in [0.15, 0.2) is 0 Å². The summed E-state index contributed by atoms with van der Waals surface area (Å²) in [6, 6.07) is 8.10. The molecule has 24 heavy (non-hydrogen) atoms. The fourth-order valence-electron chi connectivity index (χ4n) is 3.00. The third kappa shape index (κ3) is 2.95. The van der Waals surface area contributed by atoms with E-state index in [9.17, 15) is 14.7 Å². The number of carbonyl (C=O) groups excluding carboxylic acids is 1. The van der Waals surface area contributed by atoms with Gasteiger partial charge in [-0.1, -0.05) is 12.1 Å². The van der Waals surface area contributed by atoms with E-state index in [0.29, 0.717) is 30.7 Å². The molecule has 2 aromatic rings. The fraction of sp³-hybridized carbons (Fsp3) is 0.278. The molecule has 1 aliphatic rings. The van der Waals surface area contributed by atoms with Crippen LogP contribution in [0.2, 0.25) is 0 Å². The molecule has 1 aliphatic heterocycles. The van der Waals surface area contributed by atoms with E-state index in [4.69, 9.17) is 4.74 Å². The Kier molecular flexibility index (Phi) is 4.46. The van der Waals surface area contributed by atoms with Crippen LogP contribution in [0, 0.1) is 0 Å². The van der Waals surface area contributed by atoms with Crippen LogP contribution in [0.3, 0.4) is 0 Å². The van der Waals surface area contributed by atoms with E-state index in [1.165, 1.54) is 4.90 Å². The molecule has 1 aromatic carbocycles. The summed E-state index contributed by atoms with van der Waals surface area (Å²) in [5, 5.41) is 9.22. The Morgan fingerprint density at radius 3 is 2.67 bits per heavy atom. The maximum atomic E-state index is 12.6. The molecule has 1 saturated heterocycles. The van der Waals surface area contributed by atoms with Crippen molar-refractivity contribution in [2.45, 2.75) is 18.9 Å². The highest BCUT2D eigenvalue weighted by molar-refractivity contribution is 5.97. The predicted molar refractivity (Wildman–Crippen MR) is 87.9 cm³/mol. The standard InChI is InChI=1S/C18H18N2O4/c1-24-16-8-9-19-11-14(16)12-4-6-13(7-5-12)17(21)20-10-2-3-15(20)18(22)23/h4-9,11,15H,2-3,10H2,1H3,(H,22,23). The molecule has 2 heterocycles. The number of carbonyl (C=O) groups is 2. The van der Waals surface area contributed by atoms with Crippen molar-refractivity contribution in [2.24, 2.45) is 0 Å². The first-order valence-corrected chi connectivity index (χ1v) is 7.74. The normalized spacial score (nSPS) is 16.9. The number of pyridine rings is 1. The highest BCUT2D eigenvalue weighted by Gasteiger charge is 2.34. The van der Waals surface area contributed by atoms with Crippen LogP contribution in [-0.2, 0) is 4.79 Å². The molecule has 0 spiro atoms. The molecule has 1 fully saturated rings. The SMILES string of the molecule is COc1ccncc1-c1ccc(C(=O)N2CCCC2C(=O)O)cc1. The molecular formula is C18H18N2O4. The lowest BCUT2D eigenvalue weighted by atomic mass is 10.0. The number of hydrogen-bond donors (Lipinski definition) is 1. The van der Waals surface area contributed by atoms with Gasteiger partial charge in [-0.3, -0.25) is 9.78 Å². The summed E-state index contributed by atoms with van der Waals surface area (Å²) in [4.78, 5) is 29.3. The molecule has 1 atom stereocenters. The average molecular weight is 326 g/mol. The van der Waals surface area contributed by atoms with Crippen LogP contribution >= 0.6 is 0 Å². The van der Waals surface area contributed by atoms with Crippen molar-refractivity contribution >= 4 is 11.9 Å².